The Labute approximate surface area is 68.1 Å². The summed E-state index contributed by atoms with van der Waals surface area (Å²) in [5.41, 5.74) is 0. The Kier molecular flexibility index (Phi) is 0.113. The normalized spacial score (nSPS) is 158. The summed E-state index contributed by atoms with van der Waals surface area (Å²) in [4.78, 5) is 0. The van der Waals surface area contributed by atoms with Gasteiger partial charge in [0.05, 0.1) is 0 Å². The van der Waals surface area contributed by atoms with E-state index < -0.39 is 11.4 Å². The van der Waals surface area contributed by atoms with Crippen molar-refractivity contribution in [3.63, 3.8) is 0 Å². The Hall–Kier alpha value is 1.46. The molecule has 13 heavy (non-hydrogen) atoms. The van der Waals surface area contributed by atoms with Gasteiger partial charge in [-0.25, -0.2) is 0 Å². The molecule has 0 bridgehead atoms. The number of fused-ring (bicyclic) bond motifs is 10. The summed E-state index contributed by atoms with van der Waals surface area (Å²) in [6, 6.07) is 0. The van der Waals surface area contributed by atoms with Crippen molar-refractivity contribution in [2.75, 3.05) is 0 Å². The monoisotopic (exact) mass is 288 g/mol. The van der Waals surface area contributed by atoms with Gasteiger partial charge in [0.2, 0.25) is 0 Å². The number of rotatable bonds is 0. The Morgan fingerprint density at radius 1 is 0.692 bits per heavy atom. The van der Waals surface area contributed by atoms with E-state index in [4.69, 9.17) is 23.2 Å². The molecule has 0 aromatic carbocycles. The molecule has 10 heterocycles. The van der Waals surface area contributed by atoms with Crippen LogP contribution >= 0.6 is 23.2 Å². The molecule has 0 aliphatic carbocycles. The summed E-state index contributed by atoms with van der Waals surface area (Å²) in [5.74, 6) is 0. The molecule has 4 atom stereocenters. The molecule has 10 rings (SSSR count). The number of hydrogen-bond donors (Lipinski definition) is 0. The van der Waals surface area contributed by atoms with Crippen LogP contribution in [0.4, 0.5) is 0 Å². The van der Waals surface area contributed by atoms with Gasteiger partial charge in [-0.1, -0.05) is 0 Å². The van der Waals surface area contributed by atoms with Crippen LogP contribution in [0.25, 0.3) is 0 Å². The van der Waals surface area contributed by atoms with E-state index in [1.807, 2.05) is 0 Å². The van der Waals surface area contributed by atoms with Crippen molar-refractivity contribution in [3.05, 3.63) is 0 Å². The molecule has 10 aliphatic rings. The molecule has 10 saturated heterocycles. The van der Waals surface area contributed by atoms with E-state index in [0.717, 1.165) is 0 Å². The van der Waals surface area contributed by atoms with E-state index >= 15 is 0 Å². The van der Waals surface area contributed by atoms with Crippen molar-refractivity contribution >= 4 is 23.2 Å². The average molecular weight is 290 g/mol. The van der Waals surface area contributed by atoms with E-state index in [2.05, 4.69) is 0 Å². The van der Waals surface area contributed by atoms with Crippen molar-refractivity contribution in [2.24, 2.45) is 0 Å². The zero-order valence-electron chi connectivity index (χ0n) is 6.87. The van der Waals surface area contributed by atoms with Crippen LogP contribution in [0.2, 0.25) is 29.0 Å². The van der Waals surface area contributed by atoms with Crippen LogP contribution in [-0.2, 0) is 11.4 Å². The fourth-order valence-electron chi connectivity index (χ4n) is 23.2. The van der Waals surface area contributed by atoms with Gasteiger partial charge in [0, 0.05) is 0 Å². The van der Waals surface area contributed by atoms with E-state index in [1.165, 1.54) is 29.0 Å². The van der Waals surface area contributed by atoms with Gasteiger partial charge in [-0.15, -0.1) is 0 Å². The summed E-state index contributed by atoms with van der Waals surface area (Å²) in [7, 11) is 0. The van der Waals surface area contributed by atoms with Gasteiger partial charge < -0.3 is 0 Å². The zero-order valence-corrected chi connectivity index (χ0v) is 10.8. The van der Waals surface area contributed by atoms with Gasteiger partial charge in [-0.2, -0.15) is 0 Å². The molecule has 0 N–H and O–H groups in total. The van der Waals surface area contributed by atoms with Gasteiger partial charge >= 0.3 is 68.7 Å². The second kappa shape index (κ2) is 0.308. The molecule has 0 amide bonds. The Morgan fingerprint density at radius 2 is 1.08 bits per heavy atom. The second-order valence-electron chi connectivity index (χ2n) is 12.6. The molecule has 4 unspecified atom stereocenters. The number of alkyl halides is 2. The predicted octanol–water partition coefficient (Wildman–Crippen LogP) is 3.67. The maximum absolute atomic E-state index is 7.11. The summed E-state index contributed by atoms with van der Waals surface area (Å²) in [6.45, 7) is 0. The molecular weight excluding hydrogens is 282 g/mol. The zero-order chi connectivity index (χ0) is 7.94. The van der Waals surface area contributed by atoms with Crippen molar-refractivity contribution in [3.8, 4) is 0 Å². The third kappa shape index (κ3) is 0.0339. The summed E-state index contributed by atoms with van der Waals surface area (Å²) in [5, 5.41) is 0. The predicted molar refractivity (Wildman–Crippen MR) is 47.2 cm³/mol. The fourth-order valence-corrected chi connectivity index (χ4v) is 264. The van der Waals surface area contributed by atoms with Crippen LogP contribution in [0, 0.1) is 0 Å². The third-order valence-corrected chi connectivity index (χ3v) is 127. The first-order valence-corrected chi connectivity index (χ1v) is 20.9. The van der Waals surface area contributed by atoms with Crippen molar-refractivity contribution in [2.45, 2.75) is 34.2 Å². The summed E-state index contributed by atoms with van der Waals surface area (Å²) >= 11 is 10.6. The second-order valence-corrected chi connectivity index (χ2v) is 67.1. The molecule has 0 saturated carbocycles. The van der Waals surface area contributed by atoms with E-state index in [1.54, 1.807) is 0 Å². The molecule has 0 radical (unpaired) electrons. The first-order valence-electron chi connectivity index (χ1n) is 6.35. The average Bonchev–Trinajstić information content (AvgIpc) is 3.02. The Bertz CT molecular complexity index is 822. The van der Waals surface area contributed by atoms with Gasteiger partial charge in [0.1, 0.15) is 0 Å². The third-order valence-electron chi connectivity index (χ3n) is 20.0. The molecule has 10 fully saturated rings. The summed E-state index contributed by atoms with van der Waals surface area (Å²) < 4.78 is 10.9. The van der Waals surface area contributed by atoms with Crippen molar-refractivity contribution < 1.29 is 11.4 Å². The Balaban J connectivity index is 2.20. The van der Waals surface area contributed by atoms with Crippen LogP contribution in [0.15, 0.2) is 0 Å². The molecule has 0 nitrogen and oxygen atoms in total. The first-order chi connectivity index (χ1) is 5.94. The molecule has 0 aromatic rings. The van der Waals surface area contributed by atoms with Crippen molar-refractivity contribution in [1.29, 1.82) is 0 Å². The number of hydrogen-bond acceptors (Lipinski definition) is 0. The minimum atomic E-state index is -3.59. The quantitative estimate of drug-likeness (QED) is 0.597. The van der Waals surface area contributed by atoms with Crippen LogP contribution < -0.4 is 0 Å². The molecule has 66 valence electrons. The topological polar surface area (TPSA) is 0 Å². The minimum absolute atomic E-state index is 0.403. The van der Waals surface area contributed by atoms with Gasteiger partial charge in [-0.3, -0.25) is 0 Å². The van der Waals surface area contributed by atoms with Gasteiger partial charge in [0.15, 0.2) is 0 Å². The van der Waals surface area contributed by atoms with Gasteiger partial charge in [0.25, 0.3) is 0 Å². The molecule has 10 aliphatic heterocycles. The molecule has 0 aromatic heterocycles. The van der Waals surface area contributed by atoms with Crippen molar-refractivity contribution in [1.82, 2.24) is 0 Å². The number of halogens is 2. The van der Waals surface area contributed by atoms with Crippen LogP contribution in [-0.4, -0.2) is 5.16 Å². The fraction of sp³-hybridized carbons (Fsp3) is 1.00. The van der Waals surface area contributed by atoms with Crippen LogP contribution in [0.3, 0.4) is 0 Å². The Morgan fingerprint density at radius 3 is 1.08 bits per heavy atom. The summed E-state index contributed by atoms with van der Waals surface area (Å²) in [6.07, 6.45) is 0. The molecule has 1 spiro atoms. The maximum atomic E-state index is 7.11. The van der Waals surface area contributed by atoms with E-state index in [0.29, 0.717) is 5.16 Å². The first kappa shape index (κ1) is 4.76. The molecule has 3 heteroatoms. The SMILES string of the molecule is Cl[C]12[CH]3[CH]4[CH]5[C]1(Cl)[Zr]43521678[CH]2[CH]1[CH]6[CH]7[CH]28. The molecular formula is C10H8Cl2Zr. The van der Waals surface area contributed by atoms with Crippen LogP contribution in [0.1, 0.15) is 0 Å². The standard InChI is InChI=1S/C5H3Cl2.C5H5.Zr/c6-4-2-1-3-5(4)7;1-2-4-5-3-1;/h1-3H;1-5H;. The van der Waals surface area contributed by atoms with E-state index in [9.17, 15) is 0 Å². The van der Waals surface area contributed by atoms with Crippen LogP contribution in [0.5, 0.6) is 0 Å². The van der Waals surface area contributed by atoms with E-state index in [-0.39, 0.29) is 0 Å². The van der Waals surface area contributed by atoms with Gasteiger partial charge in [-0.05, 0) is 0 Å².